The molecule has 0 saturated heterocycles. The van der Waals surface area contributed by atoms with Gasteiger partial charge in [0.25, 0.3) is 0 Å². The molecule has 0 spiro atoms. The molecule has 0 fully saturated rings. The molecule has 4 nitrogen and oxygen atoms in total. The maximum Gasteiger partial charge on any atom is 0 e. The van der Waals surface area contributed by atoms with E-state index in [0.717, 1.165) is 0 Å². The van der Waals surface area contributed by atoms with Crippen LogP contribution in [0.1, 0.15) is 0 Å². The fourth-order valence-corrected chi connectivity index (χ4v) is 0. The van der Waals surface area contributed by atoms with Crippen LogP contribution in [0.15, 0.2) is 0 Å². The Morgan fingerprint density at radius 1 is 0.429 bits per heavy atom. The van der Waals surface area contributed by atoms with Crippen LogP contribution in [0.3, 0.4) is 0 Å². The molecule has 8 N–H and O–H groups in total. The van der Waals surface area contributed by atoms with E-state index in [0.29, 0.717) is 0 Å². The maximum absolute atomic E-state index is 0. The van der Waals surface area contributed by atoms with Crippen LogP contribution >= 0.6 is 0 Å². The zero-order chi connectivity index (χ0) is 0. The molecule has 0 aliphatic heterocycles. The molecule has 0 aliphatic rings. The quantitative estimate of drug-likeness (QED) is 0.305. The minimum absolute atomic E-state index is 0. The minimum atomic E-state index is 0. The molecule has 2 radical (unpaired) electrons. The van der Waals surface area contributed by atoms with E-state index in [-0.39, 0.29) is 76.7 Å². The molecule has 0 saturated carbocycles. The van der Waals surface area contributed by atoms with Crippen LogP contribution in [-0.2, 0) is 17.1 Å². The second-order valence-electron chi connectivity index (χ2n) is 0. The van der Waals surface area contributed by atoms with Crippen LogP contribution in [0.4, 0.5) is 0 Å². The second-order valence-corrected chi connectivity index (χ2v) is 0. The molecule has 0 aromatic carbocycles. The normalized spacial score (nSPS) is 0. The third-order valence-corrected chi connectivity index (χ3v) is 0. The molecule has 0 amide bonds. The van der Waals surface area contributed by atoms with Crippen molar-refractivity contribution >= 4 is 37.7 Å². The van der Waals surface area contributed by atoms with Crippen molar-refractivity contribution in [1.29, 1.82) is 0 Å². The smallest absolute Gasteiger partial charge is 0 e. The summed E-state index contributed by atoms with van der Waals surface area (Å²) in [6, 6.07) is 0. The first-order valence-corrected chi connectivity index (χ1v) is 0. The van der Waals surface area contributed by atoms with Crippen molar-refractivity contribution in [3.8, 4) is 0 Å². The van der Waals surface area contributed by atoms with Gasteiger partial charge < -0.3 is 21.9 Å². The second kappa shape index (κ2) is 134. The Bertz CT molecular complexity index is 9.65. The van der Waals surface area contributed by atoms with Gasteiger partial charge in [0.2, 0.25) is 0 Å². The molecule has 0 rings (SSSR count). The third-order valence-electron chi connectivity index (χ3n) is 0. The van der Waals surface area contributed by atoms with Crippen LogP contribution in [0.25, 0.3) is 0 Å². The van der Waals surface area contributed by atoms with E-state index in [1.54, 1.807) is 0 Å². The molecular weight excluding hydrogens is 134 g/mol. The summed E-state index contributed by atoms with van der Waals surface area (Å²) in [6.45, 7) is 0. The average Bonchev–Trinajstić information content (AvgIpc) is 0. The van der Waals surface area contributed by atoms with Crippen LogP contribution in [0.2, 0.25) is 0 Å². The molecule has 0 bridgehead atoms. The molecule has 0 aromatic rings. The van der Waals surface area contributed by atoms with Crippen molar-refractivity contribution < 1.29 is 39.0 Å². The fraction of sp³-hybridized carbons (Fsp3) is 0. The van der Waals surface area contributed by atoms with Gasteiger partial charge >= 0.3 is 0 Å². The van der Waals surface area contributed by atoms with E-state index in [1.165, 1.54) is 0 Å². The summed E-state index contributed by atoms with van der Waals surface area (Å²) >= 11 is 0. The Morgan fingerprint density at radius 3 is 0.429 bits per heavy atom. The van der Waals surface area contributed by atoms with Crippen molar-refractivity contribution in [2.24, 2.45) is 0 Å². The van der Waals surface area contributed by atoms with E-state index in [9.17, 15) is 0 Å². The molecule has 0 aliphatic carbocycles. The van der Waals surface area contributed by atoms with E-state index >= 15 is 0 Å². The van der Waals surface area contributed by atoms with Gasteiger partial charge in [-0.3, -0.25) is 0 Å². The molecule has 42 valence electrons. The van der Waals surface area contributed by atoms with Crippen molar-refractivity contribution in [3.05, 3.63) is 0 Å². The van der Waals surface area contributed by atoms with Crippen molar-refractivity contribution in [2.75, 3.05) is 0 Å². The van der Waals surface area contributed by atoms with Crippen molar-refractivity contribution in [2.45, 2.75) is 0 Å². The molecule has 0 aromatic heterocycles. The predicted molar refractivity (Wildman–Crippen MR) is 26.0 cm³/mol. The van der Waals surface area contributed by atoms with E-state index in [2.05, 4.69) is 0 Å². The Labute approximate surface area is 76.5 Å². The third kappa shape index (κ3) is 96.5. The summed E-state index contributed by atoms with van der Waals surface area (Å²) in [5.41, 5.74) is 0. The molecule has 0 atom stereocenters. The van der Waals surface area contributed by atoms with Crippen LogP contribution in [0, 0.1) is 0 Å². The largest absolute Gasteiger partial charge is 0.412 e. The standard InChI is InChI=1S/Fe.2Li.4H2O/h;;;4*1H2. The van der Waals surface area contributed by atoms with Gasteiger partial charge in [0.05, 0.1) is 0 Å². The van der Waals surface area contributed by atoms with Crippen molar-refractivity contribution in [3.63, 3.8) is 0 Å². The molecule has 0 heterocycles. The van der Waals surface area contributed by atoms with Crippen LogP contribution in [0.5, 0.6) is 0 Å². The van der Waals surface area contributed by atoms with Gasteiger partial charge in [0.15, 0.2) is 0 Å². The molecule has 7 heteroatoms. The topological polar surface area (TPSA) is 126 Å². The first-order valence-electron chi connectivity index (χ1n) is 0. The van der Waals surface area contributed by atoms with E-state index < -0.39 is 0 Å². The summed E-state index contributed by atoms with van der Waals surface area (Å²) < 4.78 is 0. The average molecular weight is 142 g/mol. The Balaban J connectivity index is 0. The monoisotopic (exact) mass is 142 g/mol. The first kappa shape index (κ1) is 202. The van der Waals surface area contributed by atoms with E-state index in [1.807, 2.05) is 0 Å². The van der Waals surface area contributed by atoms with Crippen LogP contribution < -0.4 is 0 Å². The molecular formula is H8FeLi2O4. The SMILES string of the molecule is O.O.O.O.[Fe].[Li].[Li]. The van der Waals surface area contributed by atoms with E-state index in [4.69, 9.17) is 0 Å². The fourth-order valence-electron chi connectivity index (χ4n) is 0. The predicted octanol–water partition coefficient (Wildman–Crippen LogP) is -4.06. The van der Waals surface area contributed by atoms with Crippen molar-refractivity contribution in [1.82, 2.24) is 0 Å². The Hall–Kier alpha value is 1.55. The van der Waals surface area contributed by atoms with Gasteiger partial charge in [0, 0.05) is 54.8 Å². The zero-order valence-corrected chi connectivity index (χ0v) is 5.46. The first-order chi connectivity index (χ1) is 0. The summed E-state index contributed by atoms with van der Waals surface area (Å²) in [5.74, 6) is 0. The Morgan fingerprint density at radius 2 is 0.429 bits per heavy atom. The Kier molecular flexibility index (Phi) is 3880. The van der Waals surface area contributed by atoms with Gasteiger partial charge in [0.1, 0.15) is 0 Å². The molecule has 0 unspecified atom stereocenters. The van der Waals surface area contributed by atoms with Crippen LogP contribution in [-0.4, -0.2) is 59.6 Å². The zero-order valence-electron chi connectivity index (χ0n) is 4.35. The van der Waals surface area contributed by atoms with Gasteiger partial charge in [-0.15, -0.1) is 0 Å². The summed E-state index contributed by atoms with van der Waals surface area (Å²) in [4.78, 5) is 0. The summed E-state index contributed by atoms with van der Waals surface area (Å²) in [5, 5.41) is 0. The number of rotatable bonds is 0. The minimum Gasteiger partial charge on any atom is -0.412 e. The summed E-state index contributed by atoms with van der Waals surface area (Å²) in [7, 11) is 0. The molecule has 7 heavy (non-hydrogen) atoms. The van der Waals surface area contributed by atoms with Gasteiger partial charge in [-0.25, -0.2) is 0 Å². The van der Waals surface area contributed by atoms with Gasteiger partial charge in [-0.2, -0.15) is 0 Å². The number of hydrogen-bond donors (Lipinski definition) is 0. The van der Waals surface area contributed by atoms with Gasteiger partial charge in [-0.1, -0.05) is 0 Å². The van der Waals surface area contributed by atoms with Gasteiger partial charge in [-0.05, 0) is 0 Å². The number of hydrogen-bond acceptors (Lipinski definition) is 0. The maximum atomic E-state index is 0. The summed E-state index contributed by atoms with van der Waals surface area (Å²) in [6.07, 6.45) is 0.